The van der Waals surface area contributed by atoms with E-state index in [1.165, 1.54) is 0 Å². The number of benzene rings is 1. The van der Waals surface area contributed by atoms with Crippen LogP contribution < -0.4 is 0 Å². The second-order valence-electron chi connectivity index (χ2n) is 5.02. The molecule has 1 saturated carbocycles. The van der Waals surface area contributed by atoms with Gasteiger partial charge in [0.2, 0.25) is 0 Å². The van der Waals surface area contributed by atoms with Crippen LogP contribution >= 0.6 is 34.2 Å². The molecular formula is C13H13ClFIN2. The van der Waals surface area contributed by atoms with Crippen molar-refractivity contribution in [2.24, 2.45) is 5.92 Å². The van der Waals surface area contributed by atoms with Crippen molar-refractivity contribution in [2.45, 2.75) is 31.7 Å². The fourth-order valence-corrected chi connectivity index (χ4v) is 3.35. The van der Waals surface area contributed by atoms with Crippen molar-refractivity contribution in [1.29, 1.82) is 0 Å². The van der Waals surface area contributed by atoms with Crippen LogP contribution in [0.4, 0.5) is 4.39 Å². The fraction of sp³-hybridized carbons (Fsp3) is 0.462. The third-order valence-electron chi connectivity index (χ3n) is 3.64. The average molecular weight is 379 g/mol. The predicted octanol–water partition coefficient (Wildman–Crippen LogP) is 4.49. The van der Waals surface area contributed by atoms with Crippen LogP contribution in [0.2, 0.25) is 0 Å². The number of nitrogens with zero attached hydrogens (tertiary/aromatic N) is 2. The first-order valence-electron chi connectivity index (χ1n) is 6.02. The van der Waals surface area contributed by atoms with Crippen LogP contribution in [0.3, 0.4) is 0 Å². The van der Waals surface area contributed by atoms with Gasteiger partial charge >= 0.3 is 0 Å². The fourth-order valence-electron chi connectivity index (χ4n) is 2.71. The van der Waals surface area contributed by atoms with Crippen LogP contribution in [0.5, 0.6) is 0 Å². The third-order valence-corrected chi connectivity index (χ3v) is 4.70. The van der Waals surface area contributed by atoms with Crippen LogP contribution in [0.15, 0.2) is 12.1 Å². The lowest BCUT2D eigenvalue weighted by atomic mass is 9.81. The Hall–Kier alpha value is -0.360. The van der Waals surface area contributed by atoms with Gasteiger partial charge in [-0.2, -0.15) is 0 Å². The lowest BCUT2D eigenvalue weighted by Gasteiger charge is -2.35. The zero-order chi connectivity index (χ0) is 12.9. The first kappa shape index (κ1) is 12.7. The molecule has 0 N–H and O–H groups in total. The van der Waals surface area contributed by atoms with Gasteiger partial charge in [-0.3, -0.25) is 0 Å². The van der Waals surface area contributed by atoms with E-state index in [9.17, 15) is 4.39 Å². The zero-order valence-electron chi connectivity index (χ0n) is 9.96. The summed E-state index contributed by atoms with van der Waals surface area (Å²) in [7, 11) is 0. The second kappa shape index (κ2) is 4.63. The van der Waals surface area contributed by atoms with Gasteiger partial charge in [-0.05, 0) is 47.4 Å². The SMILES string of the molecule is CC1CC(n2c(CCl)nc3cc(I)c(F)cc32)C1. The number of imidazole rings is 1. The van der Waals surface area contributed by atoms with Crippen molar-refractivity contribution in [1.82, 2.24) is 9.55 Å². The molecule has 0 amide bonds. The maximum Gasteiger partial charge on any atom is 0.138 e. The minimum Gasteiger partial charge on any atom is -0.324 e. The Balaban J connectivity index is 2.18. The number of hydrogen-bond donors (Lipinski definition) is 0. The summed E-state index contributed by atoms with van der Waals surface area (Å²) in [4.78, 5) is 4.52. The molecular weight excluding hydrogens is 366 g/mol. The maximum absolute atomic E-state index is 13.7. The summed E-state index contributed by atoms with van der Waals surface area (Å²) < 4.78 is 16.5. The zero-order valence-corrected chi connectivity index (χ0v) is 12.9. The number of aromatic nitrogens is 2. The Morgan fingerprint density at radius 1 is 1.50 bits per heavy atom. The molecule has 96 valence electrons. The standard InChI is InChI=1S/C13H13ClFIN2/c1-7-2-8(3-7)18-12-4-9(15)10(16)5-11(12)17-13(18)6-14/h4-5,7-8H,2-3,6H2,1H3. The summed E-state index contributed by atoms with van der Waals surface area (Å²) in [6, 6.07) is 3.81. The Labute approximate surface area is 124 Å². The van der Waals surface area contributed by atoms with Crippen molar-refractivity contribution in [3.63, 3.8) is 0 Å². The predicted molar refractivity (Wildman–Crippen MR) is 79.4 cm³/mol. The highest BCUT2D eigenvalue weighted by Gasteiger charge is 2.30. The van der Waals surface area contributed by atoms with Gasteiger partial charge in [0.15, 0.2) is 0 Å². The first-order chi connectivity index (χ1) is 8.60. The normalized spacial score (nSPS) is 23.3. The van der Waals surface area contributed by atoms with Crippen molar-refractivity contribution < 1.29 is 4.39 Å². The Bertz CT molecular complexity index is 605. The molecule has 0 atom stereocenters. The highest BCUT2D eigenvalue weighted by molar-refractivity contribution is 14.1. The van der Waals surface area contributed by atoms with E-state index in [1.807, 2.05) is 22.6 Å². The van der Waals surface area contributed by atoms with Crippen molar-refractivity contribution in [3.8, 4) is 0 Å². The summed E-state index contributed by atoms with van der Waals surface area (Å²) >= 11 is 7.96. The van der Waals surface area contributed by atoms with E-state index in [0.29, 0.717) is 15.5 Å². The van der Waals surface area contributed by atoms with E-state index in [1.54, 1.807) is 12.1 Å². The average Bonchev–Trinajstić information content (AvgIpc) is 2.63. The monoisotopic (exact) mass is 378 g/mol. The molecule has 1 aromatic heterocycles. The van der Waals surface area contributed by atoms with Crippen LogP contribution in [0.25, 0.3) is 11.0 Å². The van der Waals surface area contributed by atoms with E-state index in [-0.39, 0.29) is 5.82 Å². The summed E-state index contributed by atoms with van der Waals surface area (Å²) in [6.07, 6.45) is 2.26. The molecule has 1 aliphatic carbocycles. The van der Waals surface area contributed by atoms with Crippen LogP contribution in [-0.4, -0.2) is 9.55 Å². The van der Waals surface area contributed by atoms with Gasteiger partial charge in [-0.1, -0.05) is 6.92 Å². The number of halogens is 3. The molecule has 1 aromatic carbocycles. The highest BCUT2D eigenvalue weighted by Crippen LogP contribution is 2.40. The van der Waals surface area contributed by atoms with E-state index in [0.717, 1.165) is 35.6 Å². The molecule has 0 radical (unpaired) electrons. The van der Waals surface area contributed by atoms with Gasteiger partial charge < -0.3 is 4.57 Å². The van der Waals surface area contributed by atoms with Gasteiger partial charge in [-0.25, -0.2) is 9.37 Å². The molecule has 2 nitrogen and oxygen atoms in total. The molecule has 0 saturated heterocycles. The second-order valence-corrected chi connectivity index (χ2v) is 6.45. The van der Waals surface area contributed by atoms with Crippen molar-refractivity contribution >= 4 is 45.2 Å². The number of alkyl halides is 1. The quantitative estimate of drug-likeness (QED) is 0.556. The minimum absolute atomic E-state index is 0.183. The molecule has 0 unspecified atom stereocenters. The number of hydrogen-bond acceptors (Lipinski definition) is 1. The van der Waals surface area contributed by atoms with E-state index >= 15 is 0 Å². The van der Waals surface area contributed by atoms with E-state index < -0.39 is 0 Å². The third kappa shape index (κ3) is 1.93. The first-order valence-corrected chi connectivity index (χ1v) is 7.63. The van der Waals surface area contributed by atoms with Gasteiger partial charge in [0.1, 0.15) is 11.6 Å². The van der Waals surface area contributed by atoms with E-state index in [2.05, 4.69) is 16.5 Å². The molecule has 1 fully saturated rings. The summed E-state index contributed by atoms with van der Waals surface area (Å²) in [6.45, 7) is 2.24. The topological polar surface area (TPSA) is 17.8 Å². The molecule has 0 spiro atoms. The number of fused-ring (bicyclic) bond motifs is 1. The lowest BCUT2D eigenvalue weighted by molar-refractivity contribution is 0.217. The molecule has 18 heavy (non-hydrogen) atoms. The van der Waals surface area contributed by atoms with Crippen LogP contribution in [0, 0.1) is 15.3 Å². The summed E-state index contributed by atoms with van der Waals surface area (Å²) in [5.41, 5.74) is 1.72. The molecule has 0 bridgehead atoms. The molecule has 1 heterocycles. The van der Waals surface area contributed by atoms with Gasteiger partial charge in [0.25, 0.3) is 0 Å². The molecule has 2 aromatic rings. The lowest BCUT2D eigenvalue weighted by Crippen LogP contribution is -2.25. The molecule has 3 rings (SSSR count). The van der Waals surface area contributed by atoms with Crippen LogP contribution in [0.1, 0.15) is 31.6 Å². The Morgan fingerprint density at radius 2 is 2.22 bits per heavy atom. The van der Waals surface area contributed by atoms with Gasteiger partial charge in [-0.15, -0.1) is 11.6 Å². The smallest absolute Gasteiger partial charge is 0.138 e. The van der Waals surface area contributed by atoms with Gasteiger partial charge in [0.05, 0.1) is 20.5 Å². The molecule has 0 aliphatic heterocycles. The highest BCUT2D eigenvalue weighted by atomic mass is 127. The van der Waals surface area contributed by atoms with Crippen LogP contribution in [-0.2, 0) is 5.88 Å². The molecule has 5 heteroatoms. The van der Waals surface area contributed by atoms with Gasteiger partial charge in [0, 0.05) is 12.1 Å². The Morgan fingerprint density at radius 3 is 2.83 bits per heavy atom. The molecule has 1 aliphatic rings. The van der Waals surface area contributed by atoms with E-state index in [4.69, 9.17) is 11.6 Å². The number of rotatable bonds is 2. The largest absolute Gasteiger partial charge is 0.324 e. The summed E-state index contributed by atoms with van der Waals surface area (Å²) in [5, 5.41) is 0. The van der Waals surface area contributed by atoms with Crippen molar-refractivity contribution in [2.75, 3.05) is 0 Å². The minimum atomic E-state index is -0.183. The summed E-state index contributed by atoms with van der Waals surface area (Å²) in [5.74, 6) is 1.78. The maximum atomic E-state index is 13.7. The van der Waals surface area contributed by atoms with Crippen molar-refractivity contribution in [3.05, 3.63) is 27.3 Å². The Kier molecular flexibility index (Phi) is 3.26.